The van der Waals surface area contributed by atoms with Gasteiger partial charge in [0.25, 0.3) is 0 Å². The smallest absolute Gasteiger partial charge is 0.181 e. The van der Waals surface area contributed by atoms with Crippen LogP contribution in [-0.2, 0) is 9.47 Å². The molecule has 0 saturated carbocycles. The SMILES string of the molecule is Fc1ccc(-c2n[nH]c(-c3ccc([C@@H]4CNCCO4)cc3)n2)cc1.Fc1ccc(-c2n[nH]c(-c3ccc([C@H]4CNCCO4)cc3)n2)cc1. The molecule has 0 unspecified atom stereocenters. The molecule has 244 valence electrons. The van der Waals surface area contributed by atoms with Crippen LogP contribution in [0, 0.1) is 11.6 Å². The zero-order valence-electron chi connectivity index (χ0n) is 26.0. The van der Waals surface area contributed by atoms with Crippen LogP contribution in [0.4, 0.5) is 8.78 Å². The van der Waals surface area contributed by atoms with Crippen molar-refractivity contribution in [3.05, 3.63) is 120 Å². The van der Waals surface area contributed by atoms with Gasteiger partial charge in [0.05, 0.1) is 25.4 Å². The van der Waals surface area contributed by atoms with Crippen molar-refractivity contribution in [1.82, 2.24) is 41.0 Å². The molecule has 4 N–H and O–H groups in total. The standard InChI is InChI=1S/2C18H17FN4O/c2*19-15-7-5-14(6-8-15)18-21-17(22-23-18)13-3-1-12(2-4-13)16-11-20-9-10-24-16/h2*1-8,16,20H,9-11H2,(H,21,22,23)/t2*16-/m10/s1. The summed E-state index contributed by atoms with van der Waals surface area (Å²) < 4.78 is 37.5. The molecule has 8 rings (SSSR count). The first-order chi connectivity index (χ1) is 23.6. The van der Waals surface area contributed by atoms with E-state index in [9.17, 15) is 8.78 Å². The number of hydrogen-bond acceptors (Lipinski definition) is 8. The molecule has 2 atom stereocenters. The third-order valence-corrected chi connectivity index (χ3v) is 8.14. The zero-order valence-corrected chi connectivity index (χ0v) is 26.0. The average Bonchev–Trinajstić information content (AvgIpc) is 3.85. The Balaban J connectivity index is 0.000000152. The van der Waals surface area contributed by atoms with Crippen molar-refractivity contribution < 1.29 is 18.3 Å². The first-order valence-corrected chi connectivity index (χ1v) is 15.8. The lowest BCUT2D eigenvalue weighted by Gasteiger charge is -2.23. The van der Waals surface area contributed by atoms with E-state index in [2.05, 4.69) is 41.0 Å². The summed E-state index contributed by atoms with van der Waals surface area (Å²) >= 11 is 0. The topological polar surface area (TPSA) is 126 Å². The Hall–Kier alpha value is -5.14. The van der Waals surface area contributed by atoms with Gasteiger partial charge in [0.15, 0.2) is 23.3 Å². The van der Waals surface area contributed by atoms with E-state index in [-0.39, 0.29) is 23.8 Å². The Morgan fingerprint density at radius 1 is 0.500 bits per heavy atom. The van der Waals surface area contributed by atoms with Gasteiger partial charge in [-0.15, -0.1) is 0 Å². The minimum absolute atomic E-state index is 0.0947. The van der Waals surface area contributed by atoms with E-state index in [0.29, 0.717) is 23.3 Å². The molecule has 2 fully saturated rings. The minimum Gasteiger partial charge on any atom is -0.371 e. The Labute approximate surface area is 276 Å². The lowest BCUT2D eigenvalue weighted by atomic mass is 10.1. The highest BCUT2D eigenvalue weighted by molar-refractivity contribution is 5.62. The Kier molecular flexibility index (Phi) is 9.66. The maximum absolute atomic E-state index is 13.0. The molecule has 2 aromatic heterocycles. The molecule has 12 heteroatoms. The van der Waals surface area contributed by atoms with Gasteiger partial charge in [0.2, 0.25) is 0 Å². The quantitative estimate of drug-likeness (QED) is 0.177. The third-order valence-electron chi connectivity index (χ3n) is 8.14. The predicted octanol–water partition coefficient (Wildman–Crippen LogP) is 5.88. The molecule has 0 aliphatic carbocycles. The number of morpholine rings is 2. The molecule has 0 amide bonds. The molecular formula is C36H34F2N8O2. The Morgan fingerprint density at radius 3 is 1.23 bits per heavy atom. The second kappa shape index (κ2) is 14.7. The van der Waals surface area contributed by atoms with Crippen molar-refractivity contribution in [3.63, 3.8) is 0 Å². The molecule has 2 aliphatic rings. The number of H-pyrrole nitrogens is 2. The van der Waals surface area contributed by atoms with Crippen molar-refractivity contribution in [2.75, 3.05) is 39.4 Å². The summed E-state index contributed by atoms with van der Waals surface area (Å²) in [5.41, 5.74) is 5.73. The minimum atomic E-state index is -0.274. The molecule has 4 heterocycles. The molecule has 2 saturated heterocycles. The average molecular weight is 649 g/mol. The second-order valence-electron chi connectivity index (χ2n) is 11.4. The number of halogens is 2. The monoisotopic (exact) mass is 648 g/mol. The molecule has 4 aromatic carbocycles. The molecule has 6 aromatic rings. The van der Waals surface area contributed by atoms with Gasteiger partial charge < -0.3 is 20.1 Å². The first-order valence-electron chi connectivity index (χ1n) is 15.8. The van der Waals surface area contributed by atoms with Gasteiger partial charge in [-0.25, -0.2) is 18.7 Å². The Morgan fingerprint density at radius 2 is 0.875 bits per heavy atom. The van der Waals surface area contributed by atoms with E-state index in [0.717, 1.165) is 72.8 Å². The molecule has 0 radical (unpaired) electrons. The van der Waals surface area contributed by atoms with Crippen molar-refractivity contribution >= 4 is 0 Å². The van der Waals surface area contributed by atoms with Crippen LogP contribution in [0.5, 0.6) is 0 Å². The number of nitrogens with zero attached hydrogens (tertiary/aromatic N) is 4. The van der Waals surface area contributed by atoms with Crippen molar-refractivity contribution in [1.29, 1.82) is 0 Å². The molecule has 0 spiro atoms. The largest absolute Gasteiger partial charge is 0.371 e. The van der Waals surface area contributed by atoms with Crippen LogP contribution >= 0.6 is 0 Å². The maximum Gasteiger partial charge on any atom is 0.181 e. The second-order valence-corrected chi connectivity index (χ2v) is 11.4. The van der Waals surface area contributed by atoms with Crippen molar-refractivity contribution in [3.8, 4) is 45.6 Å². The number of nitrogens with one attached hydrogen (secondary N) is 4. The van der Waals surface area contributed by atoms with Crippen LogP contribution in [0.1, 0.15) is 23.3 Å². The summed E-state index contributed by atoms with van der Waals surface area (Å²) in [5, 5.41) is 20.9. The van der Waals surface area contributed by atoms with Gasteiger partial charge in [-0.1, -0.05) is 48.5 Å². The fraction of sp³-hybridized carbons (Fsp3) is 0.222. The summed E-state index contributed by atoms with van der Waals surface area (Å²) in [6, 6.07) is 28.5. The van der Waals surface area contributed by atoms with Crippen LogP contribution in [0.3, 0.4) is 0 Å². The fourth-order valence-electron chi connectivity index (χ4n) is 5.51. The number of aromatic amines is 2. The van der Waals surface area contributed by atoms with E-state index >= 15 is 0 Å². The lowest BCUT2D eigenvalue weighted by Crippen LogP contribution is -2.33. The predicted molar refractivity (Wildman–Crippen MR) is 178 cm³/mol. The number of rotatable bonds is 6. The van der Waals surface area contributed by atoms with E-state index in [1.807, 2.05) is 48.5 Å². The van der Waals surface area contributed by atoms with Crippen molar-refractivity contribution in [2.24, 2.45) is 0 Å². The molecule has 10 nitrogen and oxygen atoms in total. The van der Waals surface area contributed by atoms with Gasteiger partial charge >= 0.3 is 0 Å². The normalized spacial score (nSPS) is 17.8. The van der Waals surface area contributed by atoms with E-state index in [1.54, 1.807) is 24.3 Å². The van der Waals surface area contributed by atoms with E-state index in [4.69, 9.17) is 9.47 Å². The van der Waals surface area contributed by atoms with Gasteiger partial charge in [-0.05, 0) is 59.7 Å². The number of benzene rings is 4. The van der Waals surface area contributed by atoms with Crippen LogP contribution < -0.4 is 10.6 Å². The number of aromatic nitrogens is 6. The highest BCUT2D eigenvalue weighted by atomic mass is 19.1. The van der Waals surface area contributed by atoms with Crippen LogP contribution in [0.15, 0.2) is 97.1 Å². The van der Waals surface area contributed by atoms with Crippen molar-refractivity contribution in [2.45, 2.75) is 12.2 Å². The van der Waals surface area contributed by atoms with Gasteiger partial charge in [0, 0.05) is 48.4 Å². The molecule has 48 heavy (non-hydrogen) atoms. The van der Waals surface area contributed by atoms with Gasteiger partial charge in [0.1, 0.15) is 11.6 Å². The fourth-order valence-corrected chi connectivity index (χ4v) is 5.51. The summed E-state index contributed by atoms with van der Waals surface area (Å²) in [4.78, 5) is 8.98. The summed E-state index contributed by atoms with van der Waals surface area (Å²) in [6.07, 6.45) is 0.189. The van der Waals surface area contributed by atoms with Crippen LogP contribution in [-0.4, -0.2) is 69.8 Å². The van der Waals surface area contributed by atoms with Crippen LogP contribution in [0.25, 0.3) is 45.6 Å². The van der Waals surface area contributed by atoms with E-state index < -0.39 is 0 Å². The zero-order chi connectivity index (χ0) is 32.7. The summed E-state index contributed by atoms with van der Waals surface area (Å²) in [7, 11) is 0. The lowest BCUT2D eigenvalue weighted by molar-refractivity contribution is 0.0276. The summed E-state index contributed by atoms with van der Waals surface area (Å²) in [5.74, 6) is 1.92. The van der Waals surface area contributed by atoms with Gasteiger partial charge in [-0.2, -0.15) is 10.2 Å². The first kappa shape index (κ1) is 31.5. The van der Waals surface area contributed by atoms with E-state index in [1.165, 1.54) is 24.3 Å². The number of hydrogen-bond donors (Lipinski definition) is 4. The van der Waals surface area contributed by atoms with Crippen LogP contribution in [0.2, 0.25) is 0 Å². The highest BCUT2D eigenvalue weighted by Gasteiger charge is 2.17. The molecule has 2 aliphatic heterocycles. The van der Waals surface area contributed by atoms with Gasteiger partial charge in [-0.3, -0.25) is 10.2 Å². The molecule has 0 bridgehead atoms. The molecular weight excluding hydrogens is 614 g/mol. The Bertz CT molecular complexity index is 1760. The number of ether oxygens (including phenoxy) is 2. The summed E-state index contributed by atoms with van der Waals surface area (Å²) in [6.45, 7) is 4.93. The maximum atomic E-state index is 13.0. The third kappa shape index (κ3) is 7.53. The highest BCUT2D eigenvalue weighted by Crippen LogP contribution is 2.26.